The van der Waals surface area contributed by atoms with E-state index in [-0.39, 0.29) is 5.82 Å². The van der Waals surface area contributed by atoms with E-state index >= 15 is 0 Å². The SMILES string of the molecule is CN(C)CCNc1cc(F)cc(-c2cncc3[nH]c(-c4n[nH]c5ccc(-c6cncc(CN7CCCC7)c6)nc45)cc23)c1. The van der Waals surface area contributed by atoms with Gasteiger partial charge in [-0.3, -0.25) is 20.0 Å². The molecule has 0 amide bonds. The number of halogens is 1. The molecule has 6 heterocycles. The minimum absolute atomic E-state index is 0.299. The highest BCUT2D eigenvalue weighted by Crippen LogP contribution is 2.35. The lowest BCUT2D eigenvalue weighted by molar-refractivity contribution is 0.331. The zero-order valence-electron chi connectivity index (χ0n) is 24.4. The molecule has 6 aromatic rings. The molecule has 3 N–H and O–H groups in total. The lowest BCUT2D eigenvalue weighted by atomic mass is 10.0. The molecule has 0 spiro atoms. The van der Waals surface area contributed by atoms with E-state index in [1.165, 1.54) is 24.5 Å². The Kier molecular flexibility index (Phi) is 7.30. The van der Waals surface area contributed by atoms with Crippen molar-refractivity contribution in [2.24, 2.45) is 0 Å². The number of anilines is 1. The van der Waals surface area contributed by atoms with Gasteiger partial charge in [-0.15, -0.1) is 0 Å². The number of likely N-dealkylation sites (tertiary alicyclic amines) is 1. The van der Waals surface area contributed by atoms with Crippen LogP contribution in [0.4, 0.5) is 10.1 Å². The predicted molar refractivity (Wildman–Crippen MR) is 169 cm³/mol. The van der Waals surface area contributed by atoms with Crippen LogP contribution in [0.2, 0.25) is 0 Å². The van der Waals surface area contributed by atoms with Crippen LogP contribution in [-0.2, 0) is 6.54 Å². The van der Waals surface area contributed by atoms with Crippen LogP contribution >= 0.6 is 0 Å². The number of hydrogen-bond acceptors (Lipinski definition) is 7. The molecular weight excluding hydrogens is 541 g/mol. The normalized spacial score (nSPS) is 14.0. The molecule has 1 aliphatic heterocycles. The highest BCUT2D eigenvalue weighted by Gasteiger charge is 2.17. The Morgan fingerprint density at radius 1 is 0.930 bits per heavy atom. The third kappa shape index (κ3) is 5.71. The number of pyridine rings is 3. The summed E-state index contributed by atoms with van der Waals surface area (Å²) in [6, 6.07) is 13.3. The second-order valence-electron chi connectivity index (χ2n) is 11.5. The van der Waals surface area contributed by atoms with Crippen LogP contribution in [0.25, 0.3) is 55.7 Å². The van der Waals surface area contributed by atoms with Gasteiger partial charge in [-0.2, -0.15) is 5.10 Å². The van der Waals surface area contributed by atoms with Crippen molar-refractivity contribution in [1.29, 1.82) is 0 Å². The minimum Gasteiger partial charge on any atom is -0.384 e. The van der Waals surface area contributed by atoms with Crippen molar-refractivity contribution in [3.05, 3.63) is 78.6 Å². The van der Waals surface area contributed by atoms with Crippen molar-refractivity contribution in [3.8, 4) is 33.8 Å². The van der Waals surface area contributed by atoms with Gasteiger partial charge in [0, 0.05) is 60.4 Å². The van der Waals surface area contributed by atoms with Crippen LogP contribution in [-0.4, -0.2) is 80.2 Å². The van der Waals surface area contributed by atoms with E-state index < -0.39 is 0 Å². The van der Waals surface area contributed by atoms with Gasteiger partial charge in [0.15, 0.2) is 0 Å². The van der Waals surface area contributed by atoms with Gasteiger partial charge < -0.3 is 15.2 Å². The highest BCUT2D eigenvalue weighted by molar-refractivity contribution is 6.00. The quantitative estimate of drug-likeness (QED) is 0.196. The first-order valence-electron chi connectivity index (χ1n) is 14.7. The van der Waals surface area contributed by atoms with Crippen LogP contribution in [0.15, 0.2) is 67.3 Å². The topological polar surface area (TPSA) is 102 Å². The fraction of sp³-hybridized carbons (Fsp3) is 0.273. The summed E-state index contributed by atoms with van der Waals surface area (Å²) in [4.78, 5) is 22.0. The lowest BCUT2D eigenvalue weighted by Gasteiger charge is -2.14. The number of benzene rings is 1. The molecule has 0 unspecified atom stereocenters. The first kappa shape index (κ1) is 27.2. The third-order valence-corrected chi connectivity index (χ3v) is 8.00. The molecule has 0 saturated carbocycles. The zero-order valence-corrected chi connectivity index (χ0v) is 24.4. The predicted octanol–water partition coefficient (Wildman–Crippen LogP) is 5.94. The van der Waals surface area contributed by atoms with E-state index in [4.69, 9.17) is 4.98 Å². The van der Waals surface area contributed by atoms with Crippen LogP contribution in [0.1, 0.15) is 18.4 Å². The molecule has 1 aromatic carbocycles. The van der Waals surface area contributed by atoms with Gasteiger partial charge in [-0.05, 0) is 93.6 Å². The van der Waals surface area contributed by atoms with Gasteiger partial charge in [0.25, 0.3) is 0 Å². The maximum absolute atomic E-state index is 14.7. The molecule has 5 aromatic heterocycles. The summed E-state index contributed by atoms with van der Waals surface area (Å²) in [5.41, 5.74) is 9.31. The zero-order chi connectivity index (χ0) is 29.3. The Morgan fingerprint density at radius 3 is 2.65 bits per heavy atom. The van der Waals surface area contributed by atoms with Gasteiger partial charge >= 0.3 is 0 Å². The number of hydrogen-bond donors (Lipinski definition) is 3. The number of likely N-dealkylation sites (N-methyl/N-ethyl adjacent to an activating group) is 1. The third-order valence-electron chi connectivity index (χ3n) is 8.00. The van der Waals surface area contributed by atoms with Crippen LogP contribution < -0.4 is 5.32 Å². The molecule has 1 fully saturated rings. The Labute approximate surface area is 249 Å². The van der Waals surface area contributed by atoms with E-state index in [1.54, 1.807) is 18.5 Å². The van der Waals surface area contributed by atoms with E-state index in [1.807, 2.05) is 50.8 Å². The summed E-state index contributed by atoms with van der Waals surface area (Å²) < 4.78 is 14.7. The van der Waals surface area contributed by atoms with Crippen molar-refractivity contribution in [1.82, 2.24) is 39.9 Å². The van der Waals surface area contributed by atoms with Crippen molar-refractivity contribution in [2.45, 2.75) is 19.4 Å². The van der Waals surface area contributed by atoms with Gasteiger partial charge in [0.1, 0.15) is 17.0 Å². The van der Waals surface area contributed by atoms with E-state index in [0.29, 0.717) is 12.2 Å². The van der Waals surface area contributed by atoms with Gasteiger partial charge in [-0.25, -0.2) is 9.37 Å². The summed E-state index contributed by atoms with van der Waals surface area (Å²) in [6.07, 6.45) is 9.89. The second-order valence-corrected chi connectivity index (χ2v) is 11.5. The van der Waals surface area contributed by atoms with Crippen LogP contribution in [0.5, 0.6) is 0 Å². The van der Waals surface area contributed by atoms with Crippen LogP contribution in [0.3, 0.4) is 0 Å². The Balaban J connectivity index is 1.22. The Bertz CT molecular complexity index is 1900. The standard InChI is InChI=1S/C33H34FN9/c1-42(2)10-7-37-25-13-22(12-24(34)14-25)27-18-36-19-31-26(27)15-30(38-31)33-32-29(40-41-33)6-5-28(39-32)23-11-21(16-35-17-23)20-43-8-3-4-9-43/h5-6,11-19,37-38H,3-4,7-10,20H2,1-2H3,(H,40,41). The summed E-state index contributed by atoms with van der Waals surface area (Å²) in [7, 11) is 4.02. The molecule has 1 aliphatic rings. The minimum atomic E-state index is -0.299. The number of nitrogens with zero attached hydrogens (tertiary/aromatic N) is 6. The summed E-state index contributed by atoms with van der Waals surface area (Å²) >= 11 is 0. The number of aromatic amines is 2. The first-order valence-corrected chi connectivity index (χ1v) is 14.7. The summed E-state index contributed by atoms with van der Waals surface area (Å²) in [5, 5.41) is 12.0. The molecule has 0 aliphatic carbocycles. The molecule has 1 saturated heterocycles. The number of aromatic nitrogens is 6. The summed E-state index contributed by atoms with van der Waals surface area (Å²) in [5.74, 6) is -0.299. The fourth-order valence-electron chi connectivity index (χ4n) is 5.84. The average molecular weight is 576 g/mol. The van der Waals surface area contributed by atoms with Gasteiger partial charge in [-0.1, -0.05) is 0 Å². The molecule has 0 atom stereocenters. The molecule has 43 heavy (non-hydrogen) atoms. The van der Waals surface area contributed by atoms with Crippen LogP contribution in [0, 0.1) is 5.82 Å². The smallest absolute Gasteiger partial charge is 0.135 e. The van der Waals surface area contributed by atoms with Gasteiger partial charge in [0.2, 0.25) is 0 Å². The maximum Gasteiger partial charge on any atom is 0.135 e. The number of nitrogens with one attached hydrogen (secondary N) is 3. The van der Waals surface area contributed by atoms with E-state index in [2.05, 4.69) is 46.3 Å². The van der Waals surface area contributed by atoms with Gasteiger partial charge in [0.05, 0.1) is 28.6 Å². The maximum atomic E-state index is 14.7. The molecule has 0 radical (unpaired) electrons. The van der Waals surface area contributed by atoms with E-state index in [9.17, 15) is 4.39 Å². The van der Waals surface area contributed by atoms with Crippen molar-refractivity contribution in [2.75, 3.05) is 45.6 Å². The van der Waals surface area contributed by atoms with E-state index in [0.717, 1.165) is 81.9 Å². The monoisotopic (exact) mass is 575 g/mol. The molecule has 7 rings (SSSR count). The summed E-state index contributed by atoms with van der Waals surface area (Å²) in [6.45, 7) is 4.75. The molecular formula is C33H34FN9. The Morgan fingerprint density at radius 2 is 1.79 bits per heavy atom. The molecule has 9 nitrogen and oxygen atoms in total. The number of fused-ring (bicyclic) bond motifs is 2. The molecule has 218 valence electrons. The second kappa shape index (κ2) is 11.5. The first-order chi connectivity index (χ1) is 21.0. The lowest BCUT2D eigenvalue weighted by Crippen LogP contribution is -2.20. The number of rotatable bonds is 9. The molecule has 10 heteroatoms. The highest BCUT2D eigenvalue weighted by atomic mass is 19.1. The number of H-pyrrole nitrogens is 2. The average Bonchev–Trinajstić information content (AvgIpc) is 3.76. The fourth-order valence-corrected chi connectivity index (χ4v) is 5.84. The largest absolute Gasteiger partial charge is 0.384 e. The van der Waals surface area contributed by atoms with Crippen molar-refractivity contribution in [3.63, 3.8) is 0 Å². The molecule has 0 bridgehead atoms. The van der Waals surface area contributed by atoms with Crippen molar-refractivity contribution >= 4 is 27.6 Å². The van der Waals surface area contributed by atoms with Crippen molar-refractivity contribution < 1.29 is 4.39 Å². The Hall–Kier alpha value is -4.67.